The molecule has 1 aliphatic heterocycles. The maximum absolute atomic E-state index is 13.2. The normalized spacial score (nSPS) is 13.0. The van der Waals surface area contributed by atoms with Crippen LogP contribution in [-0.4, -0.2) is 18.4 Å². The number of para-hydroxylation sites is 1. The highest BCUT2D eigenvalue weighted by molar-refractivity contribution is 6.08. The van der Waals surface area contributed by atoms with Crippen LogP contribution < -0.4 is 10.2 Å². The van der Waals surface area contributed by atoms with Crippen molar-refractivity contribution in [1.29, 1.82) is 5.26 Å². The third-order valence-electron chi connectivity index (χ3n) is 5.29. The van der Waals surface area contributed by atoms with Gasteiger partial charge >= 0.3 is 0 Å². The number of rotatable bonds is 3. The van der Waals surface area contributed by atoms with Crippen LogP contribution in [0.3, 0.4) is 0 Å². The molecule has 1 N–H and O–H groups in total. The Bertz CT molecular complexity index is 1130. The highest BCUT2D eigenvalue weighted by atomic mass is 16.2. The summed E-state index contributed by atoms with van der Waals surface area (Å²) in [5, 5.41) is 12.0. The second-order valence-corrected chi connectivity index (χ2v) is 7.23. The number of carbonyl (C=O) groups excluding carboxylic acids is 2. The highest BCUT2D eigenvalue weighted by Gasteiger charge is 2.22. The average Bonchev–Trinajstić information content (AvgIpc) is 3.01. The summed E-state index contributed by atoms with van der Waals surface area (Å²) in [5.41, 5.74) is 3.96. The van der Waals surface area contributed by atoms with E-state index < -0.39 is 0 Å². The SMILES string of the molecule is N#Cc1ccccc1C(=O)Nc1ccc(C(=O)N2CCCCc3ccccc32)cc1. The van der Waals surface area contributed by atoms with Gasteiger partial charge in [0.2, 0.25) is 0 Å². The van der Waals surface area contributed by atoms with Crippen LogP contribution in [0, 0.1) is 11.3 Å². The van der Waals surface area contributed by atoms with E-state index in [9.17, 15) is 14.9 Å². The van der Waals surface area contributed by atoms with Gasteiger partial charge in [-0.25, -0.2) is 0 Å². The van der Waals surface area contributed by atoms with Crippen LogP contribution in [0.25, 0.3) is 0 Å². The zero-order valence-electron chi connectivity index (χ0n) is 16.5. The molecule has 0 aliphatic carbocycles. The van der Waals surface area contributed by atoms with Crippen LogP contribution in [0.15, 0.2) is 72.8 Å². The van der Waals surface area contributed by atoms with Gasteiger partial charge in [-0.3, -0.25) is 9.59 Å². The smallest absolute Gasteiger partial charge is 0.258 e. The molecule has 0 radical (unpaired) electrons. The summed E-state index contributed by atoms with van der Waals surface area (Å²) < 4.78 is 0. The quantitative estimate of drug-likeness (QED) is 0.693. The second-order valence-electron chi connectivity index (χ2n) is 7.23. The topological polar surface area (TPSA) is 73.2 Å². The van der Waals surface area contributed by atoms with E-state index >= 15 is 0 Å². The number of carbonyl (C=O) groups is 2. The van der Waals surface area contributed by atoms with E-state index in [0.717, 1.165) is 24.9 Å². The number of aryl methyl sites for hydroxylation is 1. The number of anilines is 2. The van der Waals surface area contributed by atoms with E-state index in [1.165, 1.54) is 5.56 Å². The van der Waals surface area contributed by atoms with Gasteiger partial charge in [0.15, 0.2) is 0 Å². The van der Waals surface area contributed by atoms with Crippen molar-refractivity contribution in [1.82, 2.24) is 0 Å². The van der Waals surface area contributed by atoms with Crippen LogP contribution >= 0.6 is 0 Å². The van der Waals surface area contributed by atoms with Crippen LogP contribution in [0.4, 0.5) is 11.4 Å². The predicted octanol–water partition coefficient (Wildman–Crippen LogP) is 4.79. The molecule has 1 heterocycles. The summed E-state index contributed by atoms with van der Waals surface area (Å²) in [6.45, 7) is 0.694. The van der Waals surface area contributed by atoms with E-state index in [-0.39, 0.29) is 11.8 Å². The van der Waals surface area contributed by atoms with Crippen molar-refractivity contribution in [3.05, 3.63) is 95.1 Å². The first-order chi connectivity index (χ1) is 14.7. The van der Waals surface area contributed by atoms with Gasteiger partial charge in [-0.2, -0.15) is 5.26 Å². The third-order valence-corrected chi connectivity index (χ3v) is 5.29. The number of nitriles is 1. The summed E-state index contributed by atoms with van der Waals surface area (Å²) >= 11 is 0. The molecule has 1 aliphatic rings. The molecule has 0 unspecified atom stereocenters. The van der Waals surface area contributed by atoms with Gasteiger partial charge in [0.25, 0.3) is 11.8 Å². The van der Waals surface area contributed by atoms with Gasteiger partial charge in [-0.15, -0.1) is 0 Å². The molecule has 2 amide bonds. The van der Waals surface area contributed by atoms with Gasteiger partial charge in [0, 0.05) is 23.5 Å². The first-order valence-corrected chi connectivity index (χ1v) is 9.97. The molecule has 148 valence electrons. The molecule has 0 saturated heterocycles. The molecule has 0 atom stereocenters. The fraction of sp³-hybridized carbons (Fsp3) is 0.160. The summed E-state index contributed by atoms with van der Waals surface area (Å²) in [6, 6.07) is 23.6. The molecule has 5 heteroatoms. The Hall–Kier alpha value is -3.91. The van der Waals surface area contributed by atoms with Gasteiger partial charge in [-0.05, 0) is 67.3 Å². The minimum absolute atomic E-state index is 0.0444. The van der Waals surface area contributed by atoms with E-state index in [2.05, 4.69) is 11.4 Å². The van der Waals surface area contributed by atoms with E-state index in [4.69, 9.17) is 0 Å². The first kappa shape index (κ1) is 19.4. The summed E-state index contributed by atoms with van der Waals surface area (Å²) in [5.74, 6) is -0.398. The zero-order valence-corrected chi connectivity index (χ0v) is 16.5. The van der Waals surface area contributed by atoms with Crippen LogP contribution in [0.1, 0.15) is 44.7 Å². The predicted molar refractivity (Wildman–Crippen MR) is 117 cm³/mol. The van der Waals surface area contributed by atoms with E-state index in [0.29, 0.717) is 28.9 Å². The molecule has 5 nitrogen and oxygen atoms in total. The molecular formula is C25H21N3O2. The number of fused-ring (bicyclic) bond motifs is 1. The standard InChI is InChI=1S/C25H21N3O2/c26-17-20-9-1-3-10-22(20)24(29)27-21-14-12-19(13-15-21)25(30)28-16-6-5-8-18-7-2-4-11-23(18)28/h1-4,7,9-15H,5-6,8,16H2,(H,27,29). The fourth-order valence-electron chi connectivity index (χ4n) is 3.73. The number of nitrogens with one attached hydrogen (secondary N) is 1. The van der Waals surface area contributed by atoms with Crippen LogP contribution in [0.5, 0.6) is 0 Å². The average molecular weight is 395 g/mol. The molecule has 0 saturated carbocycles. The van der Waals surface area contributed by atoms with Crippen molar-refractivity contribution in [2.75, 3.05) is 16.8 Å². The molecule has 4 rings (SSSR count). The molecule has 30 heavy (non-hydrogen) atoms. The van der Waals surface area contributed by atoms with Crippen LogP contribution in [-0.2, 0) is 6.42 Å². The third kappa shape index (κ3) is 3.94. The Morgan fingerprint density at radius 2 is 1.63 bits per heavy atom. The van der Waals surface area contributed by atoms with Crippen molar-refractivity contribution >= 4 is 23.2 Å². The minimum atomic E-state index is -0.354. The largest absolute Gasteiger partial charge is 0.322 e. The lowest BCUT2D eigenvalue weighted by molar-refractivity contribution is 0.0985. The van der Waals surface area contributed by atoms with Gasteiger partial charge in [0.05, 0.1) is 17.2 Å². The maximum Gasteiger partial charge on any atom is 0.258 e. The Morgan fingerprint density at radius 1 is 0.900 bits per heavy atom. The van der Waals surface area contributed by atoms with Crippen LogP contribution in [0.2, 0.25) is 0 Å². The Balaban J connectivity index is 1.52. The Kier molecular flexibility index (Phi) is 5.58. The second kappa shape index (κ2) is 8.62. The molecule has 3 aromatic carbocycles. The molecular weight excluding hydrogens is 374 g/mol. The highest BCUT2D eigenvalue weighted by Crippen LogP contribution is 2.27. The lowest BCUT2D eigenvalue weighted by atomic mass is 10.1. The number of amides is 2. The van der Waals surface area contributed by atoms with Crippen molar-refractivity contribution in [2.45, 2.75) is 19.3 Å². The van der Waals surface area contributed by atoms with Gasteiger partial charge in [-0.1, -0.05) is 30.3 Å². The Labute approximate surface area is 175 Å². The first-order valence-electron chi connectivity index (χ1n) is 9.97. The zero-order chi connectivity index (χ0) is 20.9. The summed E-state index contributed by atoms with van der Waals surface area (Å²) in [4.78, 5) is 27.5. The molecule has 0 aromatic heterocycles. The fourth-order valence-corrected chi connectivity index (χ4v) is 3.73. The summed E-state index contributed by atoms with van der Waals surface area (Å²) in [7, 11) is 0. The Morgan fingerprint density at radius 3 is 2.43 bits per heavy atom. The lowest BCUT2D eigenvalue weighted by Crippen LogP contribution is -2.31. The van der Waals surface area contributed by atoms with Gasteiger partial charge in [0.1, 0.15) is 0 Å². The molecule has 0 fully saturated rings. The van der Waals surface area contributed by atoms with Crippen molar-refractivity contribution in [3.8, 4) is 6.07 Å². The molecule has 3 aromatic rings. The number of hydrogen-bond acceptors (Lipinski definition) is 3. The van der Waals surface area contributed by atoms with Gasteiger partial charge < -0.3 is 10.2 Å². The van der Waals surface area contributed by atoms with Crippen molar-refractivity contribution < 1.29 is 9.59 Å². The number of nitrogens with zero attached hydrogens (tertiary/aromatic N) is 2. The molecule has 0 spiro atoms. The number of benzene rings is 3. The van der Waals surface area contributed by atoms with Crippen molar-refractivity contribution in [3.63, 3.8) is 0 Å². The van der Waals surface area contributed by atoms with E-state index in [1.54, 1.807) is 48.5 Å². The monoisotopic (exact) mass is 395 g/mol. The van der Waals surface area contributed by atoms with Crippen molar-refractivity contribution in [2.24, 2.45) is 0 Å². The maximum atomic E-state index is 13.2. The lowest BCUT2D eigenvalue weighted by Gasteiger charge is -2.23. The molecule has 0 bridgehead atoms. The summed E-state index contributed by atoms with van der Waals surface area (Å²) in [6.07, 6.45) is 3.01. The van der Waals surface area contributed by atoms with E-state index in [1.807, 2.05) is 29.2 Å². The minimum Gasteiger partial charge on any atom is -0.322 e. The number of hydrogen-bond donors (Lipinski definition) is 1.